The Morgan fingerprint density at radius 3 is 2.68 bits per heavy atom. The number of halogens is 1. The summed E-state index contributed by atoms with van der Waals surface area (Å²) in [6, 6.07) is 8.81. The molecule has 3 rings (SSSR count). The van der Waals surface area contributed by atoms with Crippen molar-refractivity contribution in [2.24, 2.45) is 0 Å². The number of nitrogens with zero attached hydrogens (tertiary/aromatic N) is 3. The molecule has 0 amide bonds. The highest BCUT2D eigenvalue weighted by molar-refractivity contribution is 6.30. The summed E-state index contributed by atoms with van der Waals surface area (Å²) in [6.07, 6.45) is 2.54. The molecule has 5 heteroatoms. The van der Waals surface area contributed by atoms with Crippen LogP contribution in [0, 0.1) is 0 Å². The molecule has 2 saturated heterocycles. The number of piperazine rings is 1. The predicted molar refractivity (Wildman–Crippen MR) is 91.8 cm³/mol. The third-order valence-corrected chi connectivity index (χ3v) is 5.14. The lowest BCUT2D eigenvalue weighted by molar-refractivity contribution is 0.0814. The van der Waals surface area contributed by atoms with Crippen LogP contribution in [-0.4, -0.2) is 73.4 Å². The van der Waals surface area contributed by atoms with Gasteiger partial charge in [0.2, 0.25) is 0 Å². The lowest BCUT2D eigenvalue weighted by atomic mass is 10.0. The first kappa shape index (κ1) is 16.1. The number of hydrogen-bond acceptors (Lipinski definition) is 4. The van der Waals surface area contributed by atoms with Crippen molar-refractivity contribution in [2.75, 3.05) is 57.3 Å². The van der Waals surface area contributed by atoms with Crippen molar-refractivity contribution in [3.63, 3.8) is 0 Å². The number of aliphatic hydroxyl groups is 1. The minimum atomic E-state index is 0.273. The zero-order valence-electron chi connectivity index (χ0n) is 13.1. The van der Waals surface area contributed by atoms with Crippen molar-refractivity contribution in [2.45, 2.75) is 18.9 Å². The summed E-state index contributed by atoms with van der Waals surface area (Å²) in [6.45, 7) is 7.70. The summed E-state index contributed by atoms with van der Waals surface area (Å²) in [4.78, 5) is 7.46. The number of benzene rings is 1. The SMILES string of the molecule is OCCN1CCC[C@@H](N2CCN(c3cccc(Cl)c3)CC2)C1. The van der Waals surface area contributed by atoms with Gasteiger partial charge in [0, 0.05) is 56.0 Å². The molecule has 1 aromatic rings. The van der Waals surface area contributed by atoms with Gasteiger partial charge in [-0.15, -0.1) is 0 Å². The number of β-amino-alcohol motifs (C(OH)–C–C–N with tert-alkyl or cyclic N) is 1. The Balaban J connectivity index is 1.53. The Morgan fingerprint density at radius 2 is 1.95 bits per heavy atom. The molecular weight excluding hydrogens is 298 g/mol. The highest BCUT2D eigenvalue weighted by atomic mass is 35.5. The second-order valence-corrected chi connectivity index (χ2v) is 6.76. The van der Waals surface area contributed by atoms with Crippen LogP contribution in [0.1, 0.15) is 12.8 Å². The first-order chi connectivity index (χ1) is 10.8. The molecule has 4 nitrogen and oxygen atoms in total. The van der Waals surface area contributed by atoms with E-state index in [0.717, 1.165) is 50.8 Å². The van der Waals surface area contributed by atoms with Crippen molar-refractivity contribution in [3.8, 4) is 0 Å². The van der Waals surface area contributed by atoms with E-state index in [-0.39, 0.29) is 6.61 Å². The van der Waals surface area contributed by atoms with Crippen molar-refractivity contribution < 1.29 is 5.11 Å². The zero-order valence-corrected chi connectivity index (χ0v) is 13.9. The van der Waals surface area contributed by atoms with Gasteiger partial charge in [-0.1, -0.05) is 17.7 Å². The van der Waals surface area contributed by atoms with Gasteiger partial charge in [0.1, 0.15) is 0 Å². The fraction of sp³-hybridized carbons (Fsp3) is 0.647. The van der Waals surface area contributed by atoms with Crippen LogP contribution in [0.15, 0.2) is 24.3 Å². The molecule has 2 fully saturated rings. The Morgan fingerprint density at radius 1 is 1.14 bits per heavy atom. The second-order valence-electron chi connectivity index (χ2n) is 6.32. The minimum Gasteiger partial charge on any atom is -0.395 e. The molecule has 0 bridgehead atoms. The van der Waals surface area contributed by atoms with Crippen LogP contribution < -0.4 is 4.90 Å². The van der Waals surface area contributed by atoms with E-state index < -0.39 is 0 Å². The van der Waals surface area contributed by atoms with Crippen LogP contribution in [0.5, 0.6) is 0 Å². The number of likely N-dealkylation sites (tertiary alicyclic amines) is 1. The molecule has 0 unspecified atom stereocenters. The number of aliphatic hydroxyl groups excluding tert-OH is 1. The Labute approximate surface area is 138 Å². The van der Waals surface area contributed by atoms with Crippen molar-refractivity contribution in [1.29, 1.82) is 0 Å². The van der Waals surface area contributed by atoms with Gasteiger partial charge in [-0.3, -0.25) is 9.80 Å². The molecule has 0 aromatic heterocycles. The van der Waals surface area contributed by atoms with Crippen molar-refractivity contribution >= 4 is 17.3 Å². The third kappa shape index (κ3) is 3.93. The maximum absolute atomic E-state index is 9.13. The van der Waals surface area contributed by atoms with Crippen LogP contribution in [-0.2, 0) is 0 Å². The van der Waals surface area contributed by atoms with E-state index >= 15 is 0 Å². The van der Waals surface area contributed by atoms with Gasteiger partial charge < -0.3 is 10.0 Å². The van der Waals surface area contributed by atoms with Crippen LogP contribution >= 0.6 is 11.6 Å². The van der Waals surface area contributed by atoms with E-state index in [1.165, 1.54) is 18.5 Å². The van der Waals surface area contributed by atoms with Gasteiger partial charge in [-0.05, 0) is 37.6 Å². The maximum Gasteiger partial charge on any atom is 0.0558 e. The van der Waals surface area contributed by atoms with Gasteiger partial charge in [-0.25, -0.2) is 0 Å². The average Bonchev–Trinajstić information content (AvgIpc) is 2.56. The van der Waals surface area contributed by atoms with E-state index in [2.05, 4.69) is 26.8 Å². The van der Waals surface area contributed by atoms with Crippen LogP contribution in [0.4, 0.5) is 5.69 Å². The molecular formula is C17H26ClN3O. The minimum absolute atomic E-state index is 0.273. The average molecular weight is 324 g/mol. The molecule has 22 heavy (non-hydrogen) atoms. The number of piperidine rings is 1. The molecule has 1 atom stereocenters. The molecule has 0 aliphatic carbocycles. The van der Waals surface area contributed by atoms with E-state index in [1.807, 2.05) is 12.1 Å². The Kier molecular flexibility index (Phi) is 5.58. The molecule has 1 N–H and O–H groups in total. The monoisotopic (exact) mass is 323 g/mol. The predicted octanol–water partition coefficient (Wildman–Crippen LogP) is 1.92. The third-order valence-electron chi connectivity index (χ3n) is 4.90. The summed E-state index contributed by atoms with van der Waals surface area (Å²) >= 11 is 6.10. The van der Waals surface area contributed by atoms with Crippen molar-refractivity contribution in [3.05, 3.63) is 29.3 Å². The Bertz CT molecular complexity index is 475. The van der Waals surface area contributed by atoms with Gasteiger partial charge in [0.15, 0.2) is 0 Å². The van der Waals surface area contributed by atoms with E-state index in [0.29, 0.717) is 6.04 Å². The fourth-order valence-corrected chi connectivity index (χ4v) is 3.88. The lowest BCUT2D eigenvalue weighted by Crippen LogP contribution is -2.55. The molecule has 0 spiro atoms. The van der Waals surface area contributed by atoms with Crippen LogP contribution in [0.3, 0.4) is 0 Å². The van der Waals surface area contributed by atoms with E-state index in [9.17, 15) is 0 Å². The first-order valence-electron chi connectivity index (χ1n) is 8.34. The lowest BCUT2D eigenvalue weighted by Gasteiger charge is -2.44. The Hall–Kier alpha value is -0.810. The highest BCUT2D eigenvalue weighted by Crippen LogP contribution is 2.23. The standard InChI is InChI=1S/C17H26ClN3O/c18-15-3-1-4-16(13-15)20-7-9-21(10-8-20)17-5-2-6-19(14-17)11-12-22/h1,3-4,13,17,22H,2,5-12,14H2/t17-/m1/s1. The molecule has 2 aliphatic rings. The fourth-order valence-electron chi connectivity index (χ4n) is 3.69. The summed E-state index contributed by atoms with van der Waals surface area (Å²) in [5.41, 5.74) is 1.23. The van der Waals surface area contributed by atoms with Crippen molar-refractivity contribution in [1.82, 2.24) is 9.80 Å². The summed E-state index contributed by atoms with van der Waals surface area (Å²) < 4.78 is 0. The summed E-state index contributed by atoms with van der Waals surface area (Å²) in [7, 11) is 0. The zero-order chi connectivity index (χ0) is 15.4. The smallest absolute Gasteiger partial charge is 0.0558 e. The maximum atomic E-state index is 9.13. The first-order valence-corrected chi connectivity index (χ1v) is 8.72. The number of hydrogen-bond donors (Lipinski definition) is 1. The molecule has 1 aromatic carbocycles. The molecule has 122 valence electrons. The molecule has 2 aliphatic heterocycles. The summed E-state index contributed by atoms with van der Waals surface area (Å²) in [5, 5.41) is 9.94. The van der Waals surface area contributed by atoms with E-state index in [1.54, 1.807) is 0 Å². The summed E-state index contributed by atoms with van der Waals surface area (Å²) in [5.74, 6) is 0. The van der Waals surface area contributed by atoms with Gasteiger partial charge in [0.05, 0.1) is 6.61 Å². The quantitative estimate of drug-likeness (QED) is 0.917. The van der Waals surface area contributed by atoms with Gasteiger partial charge >= 0.3 is 0 Å². The topological polar surface area (TPSA) is 30.0 Å². The normalized spacial score (nSPS) is 24.6. The number of anilines is 1. The van der Waals surface area contributed by atoms with Gasteiger partial charge in [0.25, 0.3) is 0 Å². The highest BCUT2D eigenvalue weighted by Gasteiger charge is 2.27. The van der Waals surface area contributed by atoms with E-state index in [4.69, 9.17) is 16.7 Å². The van der Waals surface area contributed by atoms with Gasteiger partial charge in [-0.2, -0.15) is 0 Å². The molecule has 0 radical (unpaired) electrons. The second kappa shape index (κ2) is 7.64. The van der Waals surface area contributed by atoms with Crippen LogP contribution in [0.25, 0.3) is 0 Å². The number of rotatable bonds is 4. The molecule has 2 heterocycles. The van der Waals surface area contributed by atoms with Crippen LogP contribution in [0.2, 0.25) is 5.02 Å². The largest absolute Gasteiger partial charge is 0.395 e. The molecule has 0 saturated carbocycles.